The molecule has 0 radical (unpaired) electrons. The molecule has 2 aromatic heterocycles. The molecule has 17 heavy (non-hydrogen) atoms. The van der Waals surface area contributed by atoms with Gasteiger partial charge in [-0.1, -0.05) is 13.8 Å². The summed E-state index contributed by atoms with van der Waals surface area (Å²) in [5.74, 6) is 0.727. The number of H-pyrrole nitrogens is 1. The second-order valence-electron chi connectivity index (χ2n) is 4.17. The van der Waals surface area contributed by atoms with Crippen LogP contribution in [0.5, 0.6) is 0 Å². The van der Waals surface area contributed by atoms with E-state index >= 15 is 0 Å². The van der Waals surface area contributed by atoms with Gasteiger partial charge >= 0.3 is 0 Å². The molecule has 0 aliphatic heterocycles. The van der Waals surface area contributed by atoms with Crippen LogP contribution in [0, 0.1) is 6.92 Å². The largest absolute Gasteiger partial charge is 0.292 e. The third-order valence-electron chi connectivity index (χ3n) is 2.45. The van der Waals surface area contributed by atoms with E-state index in [-0.39, 0.29) is 11.5 Å². The smallest absolute Gasteiger partial charge is 0.287 e. The van der Waals surface area contributed by atoms with Crippen molar-refractivity contribution in [2.24, 2.45) is 0 Å². The molecule has 0 atom stereocenters. The first kappa shape index (κ1) is 12.0. The van der Waals surface area contributed by atoms with E-state index < -0.39 is 0 Å². The first-order valence-electron chi connectivity index (χ1n) is 5.32. The van der Waals surface area contributed by atoms with Gasteiger partial charge in [-0.05, 0) is 40.9 Å². The molecule has 0 unspecified atom stereocenters. The first-order chi connectivity index (χ1) is 8.00. The van der Waals surface area contributed by atoms with Crippen molar-refractivity contribution in [3.8, 4) is 5.82 Å². The molecule has 90 valence electrons. The topological polar surface area (TPSA) is 63.6 Å². The van der Waals surface area contributed by atoms with E-state index in [9.17, 15) is 4.79 Å². The summed E-state index contributed by atoms with van der Waals surface area (Å²) in [5.41, 5.74) is 1.53. The number of nitrogens with zero attached hydrogens (tertiary/aromatic N) is 3. The maximum absolute atomic E-state index is 12.0. The van der Waals surface area contributed by atoms with Crippen molar-refractivity contribution in [2.45, 2.75) is 26.7 Å². The minimum Gasteiger partial charge on any atom is -0.292 e. The minimum absolute atomic E-state index is 0.146. The molecule has 0 amide bonds. The number of hydrogen-bond acceptors (Lipinski definition) is 3. The Balaban J connectivity index is 2.57. The Morgan fingerprint density at radius 3 is 2.53 bits per heavy atom. The predicted octanol–water partition coefficient (Wildman–Crippen LogP) is 2.15. The van der Waals surface area contributed by atoms with Gasteiger partial charge in [0.15, 0.2) is 5.82 Å². The van der Waals surface area contributed by atoms with Crippen molar-refractivity contribution in [1.29, 1.82) is 0 Å². The highest BCUT2D eigenvalue weighted by molar-refractivity contribution is 9.10. The molecular weight excluding hydrogens is 284 g/mol. The van der Waals surface area contributed by atoms with Crippen LogP contribution in [0.2, 0.25) is 0 Å². The van der Waals surface area contributed by atoms with Gasteiger partial charge in [-0.25, -0.2) is 0 Å². The van der Waals surface area contributed by atoms with Gasteiger partial charge in [0.2, 0.25) is 0 Å². The average Bonchev–Trinajstić information content (AvgIpc) is 2.58. The van der Waals surface area contributed by atoms with Crippen LogP contribution in [-0.2, 0) is 0 Å². The van der Waals surface area contributed by atoms with Gasteiger partial charge in [0.25, 0.3) is 5.56 Å². The third kappa shape index (κ3) is 2.17. The summed E-state index contributed by atoms with van der Waals surface area (Å²) >= 11 is 3.30. The van der Waals surface area contributed by atoms with Crippen molar-refractivity contribution in [3.05, 3.63) is 38.3 Å². The lowest BCUT2D eigenvalue weighted by molar-refractivity contribution is 0.734. The first-order valence-corrected chi connectivity index (χ1v) is 6.11. The van der Waals surface area contributed by atoms with Crippen LogP contribution in [-0.4, -0.2) is 20.0 Å². The molecule has 6 heteroatoms. The van der Waals surface area contributed by atoms with Crippen LogP contribution in [0.1, 0.15) is 31.2 Å². The van der Waals surface area contributed by atoms with E-state index in [4.69, 9.17) is 0 Å². The molecular formula is C11H13BrN4O. The molecule has 0 aliphatic rings. The fourth-order valence-corrected chi connectivity index (χ4v) is 2.21. The second kappa shape index (κ2) is 4.44. The number of aromatic amines is 1. The zero-order chi connectivity index (χ0) is 12.6. The fourth-order valence-electron chi connectivity index (χ4n) is 1.49. The van der Waals surface area contributed by atoms with Crippen molar-refractivity contribution in [1.82, 2.24) is 20.0 Å². The van der Waals surface area contributed by atoms with Crippen molar-refractivity contribution < 1.29 is 0 Å². The Morgan fingerprint density at radius 1 is 1.35 bits per heavy atom. The molecule has 2 rings (SSSR count). The molecule has 0 spiro atoms. The van der Waals surface area contributed by atoms with Crippen molar-refractivity contribution in [2.75, 3.05) is 0 Å². The molecule has 5 nitrogen and oxygen atoms in total. The van der Waals surface area contributed by atoms with E-state index in [2.05, 4.69) is 31.2 Å². The Kier molecular flexibility index (Phi) is 3.15. The predicted molar refractivity (Wildman–Crippen MR) is 68.5 cm³/mol. The number of aryl methyl sites for hydroxylation is 1. The molecule has 0 saturated heterocycles. The normalized spacial score (nSPS) is 11.1. The maximum atomic E-state index is 12.0. The van der Waals surface area contributed by atoms with Gasteiger partial charge in [0.1, 0.15) is 4.47 Å². The van der Waals surface area contributed by atoms with Crippen LogP contribution in [0.15, 0.2) is 21.4 Å². The van der Waals surface area contributed by atoms with Crippen LogP contribution in [0.3, 0.4) is 0 Å². The van der Waals surface area contributed by atoms with Crippen molar-refractivity contribution >= 4 is 15.9 Å². The second-order valence-corrected chi connectivity index (χ2v) is 4.96. The SMILES string of the molecule is Cc1ccc(-n2[nH]c(C(C)C)c(Br)c2=O)nn1. The highest BCUT2D eigenvalue weighted by Gasteiger charge is 2.15. The van der Waals surface area contributed by atoms with Gasteiger partial charge in [-0.3, -0.25) is 9.89 Å². The van der Waals surface area contributed by atoms with E-state index in [0.29, 0.717) is 10.3 Å². The fraction of sp³-hybridized carbons (Fsp3) is 0.364. The third-order valence-corrected chi connectivity index (χ3v) is 3.22. The summed E-state index contributed by atoms with van der Waals surface area (Å²) in [6.45, 7) is 5.88. The Labute approximate surface area is 107 Å². The molecule has 0 saturated carbocycles. The highest BCUT2D eigenvalue weighted by atomic mass is 79.9. The molecule has 0 bridgehead atoms. The minimum atomic E-state index is -0.146. The molecule has 0 fully saturated rings. The zero-order valence-corrected chi connectivity index (χ0v) is 11.4. The van der Waals surface area contributed by atoms with E-state index in [1.54, 1.807) is 6.07 Å². The Morgan fingerprint density at radius 2 is 2.06 bits per heavy atom. The quantitative estimate of drug-likeness (QED) is 0.923. The van der Waals surface area contributed by atoms with Crippen LogP contribution < -0.4 is 5.56 Å². The van der Waals surface area contributed by atoms with Gasteiger partial charge in [-0.2, -0.15) is 9.78 Å². The van der Waals surface area contributed by atoms with Crippen LogP contribution in [0.25, 0.3) is 5.82 Å². The van der Waals surface area contributed by atoms with E-state index in [1.165, 1.54) is 4.68 Å². The summed E-state index contributed by atoms with van der Waals surface area (Å²) in [6.07, 6.45) is 0. The molecule has 0 aliphatic carbocycles. The highest BCUT2D eigenvalue weighted by Crippen LogP contribution is 2.19. The Bertz CT molecular complexity index is 583. The maximum Gasteiger partial charge on any atom is 0.287 e. The molecule has 1 N–H and O–H groups in total. The van der Waals surface area contributed by atoms with Crippen LogP contribution in [0.4, 0.5) is 0 Å². The number of nitrogens with one attached hydrogen (secondary N) is 1. The lowest BCUT2D eigenvalue weighted by atomic mass is 10.1. The summed E-state index contributed by atoms with van der Waals surface area (Å²) < 4.78 is 1.95. The van der Waals surface area contributed by atoms with Gasteiger partial charge in [-0.15, -0.1) is 5.10 Å². The number of halogens is 1. The van der Waals surface area contributed by atoms with Gasteiger partial charge in [0, 0.05) is 0 Å². The average molecular weight is 297 g/mol. The lowest BCUT2D eigenvalue weighted by Gasteiger charge is -2.02. The summed E-state index contributed by atoms with van der Waals surface area (Å²) in [4.78, 5) is 12.0. The molecule has 2 heterocycles. The van der Waals surface area contributed by atoms with Gasteiger partial charge < -0.3 is 0 Å². The summed E-state index contributed by atoms with van der Waals surface area (Å²) in [5, 5.41) is 11.0. The van der Waals surface area contributed by atoms with E-state index in [1.807, 2.05) is 26.8 Å². The standard InChI is InChI=1S/C11H13BrN4O/c1-6(2)10-9(12)11(17)16(15-10)8-5-4-7(3)13-14-8/h4-6,15H,1-3H3. The van der Waals surface area contributed by atoms with Crippen molar-refractivity contribution in [3.63, 3.8) is 0 Å². The van der Waals surface area contributed by atoms with Crippen LogP contribution >= 0.6 is 15.9 Å². The number of rotatable bonds is 2. The molecule has 2 aromatic rings. The molecule has 0 aromatic carbocycles. The number of aromatic nitrogens is 4. The summed E-state index contributed by atoms with van der Waals surface area (Å²) in [7, 11) is 0. The number of hydrogen-bond donors (Lipinski definition) is 1. The van der Waals surface area contributed by atoms with E-state index in [0.717, 1.165) is 11.4 Å². The Hall–Kier alpha value is -1.43. The zero-order valence-electron chi connectivity index (χ0n) is 9.86. The monoisotopic (exact) mass is 296 g/mol. The van der Waals surface area contributed by atoms with Gasteiger partial charge in [0.05, 0.1) is 11.4 Å². The lowest BCUT2D eigenvalue weighted by Crippen LogP contribution is -2.16. The summed E-state index contributed by atoms with van der Waals surface area (Å²) in [6, 6.07) is 3.58.